The van der Waals surface area contributed by atoms with Crippen molar-refractivity contribution in [3.05, 3.63) is 65.6 Å². The van der Waals surface area contributed by atoms with Gasteiger partial charge in [0.15, 0.2) is 0 Å². The Morgan fingerprint density at radius 2 is 2.12 bits per heavy atom. The SMILES string of the molecule is C=C(/C=C(C)\C=C/N)Nc1cccc(-c2cnc(CNC[C@H]3CC[C@H](C(=O)O)CC3)s2)n1. The molecule has 0 spiro atoms. The van der Waals surface area contributed by atoms with Gasteiger partial charge in [-0.25, -0.2) is 9.97 Å². The zero-order valence-electron chi connectivity index (χ0n) is 18.4. The second-order valence-electron chi connectivity index (χ2n) is 8.11. The third kappa shape index (κ3) is 7.03. The number of thiazole rings is 1. The van der Waals surface area contributed by atoms with Crippen LogP contribution in [0.15, 0.2) is 60.6 Å². The lowest BCUT2D eigenvalue weighted by molar-refractivity contribution is -0.143. The smallest absolute Gasteiger partial charge is 0.306 e. The number of pyridine rings is 1. The Balaban J connectivity index is 1.51. The van der Waals surface area contributed by atoms with E-state index in [2.05, 4.69) is 27.2 Å². The first-order valence-corrected chi connectivity index (χ1v) is 11.6. The molecule has 170 valence electrons. The van der Waals surface area contributed by atoms with E-state index in [1.54, 1.807) is 11.3 Å². The minimum Gasteiger partial charge on any atom is -0.481 e. The van der Waals surface area contributed by atoms with Crippen molar-refractivity contribution in [2.24, 2.45) is 17.6 Å². The summed E-state index contributed by atoms with van der Waals surface area (Å²) in [5, 5.41) is 16.8. The molecule has 5 N–H and O–H groups in total. The summed E-state index contributed by atoms with van der Waals surface area (Å²) in [6, 6.07) is 5.83. The highest BCUT2D eigenvalue weighted by molar-refractivity contribution is 7.15. The fourth-order valence-corrected chi connectivity index (χ4v) is 4.68. The molecule has 1 aliphatic rings. The lowest BCUT2D eigenvalue weighted by Gasteiger charge is -2.26. The molecule has 0 radical (unpaired) electrons. The molecule has 0 amide bonds. The van der Waals surface area contributed by atoms with Gasteiger partial charge in [-0.2, -0.15) is 0 Å². The maximum atomic E-state index is 11.1. The Kier molecular flexibility index (Phi) is 8.58. The molecule has 2 aromatic heterocycles. The van der Waals surface area contributed by atoms with Crippen molar-refractivity contribution >= 4 is 23.1 Å². The average molecular weight is 454 g/mol. The molecule has 1 aliphatic carbocycles. The maximum Gasteiger partial charge on any atom is 0.306 e. The average Bonchev–Trinajstić information content (AvgIpc) is 3.23. The summed E-state index contributed by atoms with van der Waals surface area (Å²) in [7, 11) is 0. The van der Waals surface area contributed by atoms with Gasteiger partial charge in [-0.05, 0) is 81.1 Å². The van der Waals surface area contributed by atoms with Gasteiger partial charge in [0.25, 0.3) is 0 Å². The van der Waals surface area contributed by atoms with Crippen LogP contribution in [0.5, 0.6) is 0 Å². The van der Waals surface area contributed by atoms with Crippen molar-refractivity contribution in [1.29, 1.82) is 0 Å². The number of nitrogens with one attached hydrogen (secondary N) is 2. The van der Waals surface area contributed by atoms with Crippen LogP contribution >= 0.6 is 11.3 Å². The number of nitrogens with two attached hydrogens (primary N) is 1. The number of aliphatic carboxylic acids is 1. The lowest BCUT2D eigenvalue weighted by atomic mass is 9.82. The summed E-state index contributed by atoms with van der Waals surface area (Å²) in [6.07, 6.45) is 10.6. The molecule has 1 saturated carbocycles. The van der Waals surface area contributed by atoms with E-state index < -0.39 is 5.97 Å². The monoisotopic (exact) mass is 453 g/mol. The molecule has 8 heteroatoms. The van der Waals surface area contributed by atoms with Crippen molar-refractivity contribution in [3.63, 3.8) is 0 Å². The van der Waals surface area contributed by atoms with E-state index >= 15 is 0 Å². The quantitative estimate of drug-likeness (QED) is 0.391. The maximum absolute atomic E-state index is 11.1. The van der Waals surface area contributed by atoms with Gasteiger partial charge < -0.3 is 21.5 Å². The molecule has 2 heterocycles. The van der Waals surface area contributed by atoms with Crippen LogP contribution in [0.1, 0.15) is 37.6 Å². The Morgan fingerprint density at radius 3 is 2.84 bits per heavy atom. The molecule has 0 bridgehead atoms. The normalized spacial score (nSPS) is 19.2. The number of hydrogen-bond donors (Lipinski definition) is 4. The van der Waals surface area contributed by atoms with Gasteiger partial charge in [-0.1, -0.05) is 12.6 Å². The fraction of sp³-hybridized carbons (Fsp3) is 0.375. The van der Waals surface area contributed by atoms with Gasteiger partial charge in [0.1, 0.15) is 10.8 Å². The van der Waals surface area contributed by atoms with Crippen LogP contribution in [0.25, 0.3) is 10.6 Å². The molecular weight excluding hydrogens is 422 g/mol. The largest absolute Gasteiger partial charge is 0.481 e. The number of nitrogens with zero attached hydrogens (tertiary/aromatic N) is 2. The molecule has 0 unspecified atom stereocenters. The van der Waals surface area contributed by atoms with Gasteiger partial charge in [0.2, 0.25) is 0 Å². The number of aromatic nitrogens is 2. The third-order valence-electron chi connectivity index (χ3n) is 5.51. The highest BCUT2D eigenvalue weighted by Crippen LogP contribution is 2.29. The molecule has 1 fully saturated rings. The van der Waals surface area contributed by atoms with Crippen LogP contribution < -0.4 is 16.4 Å². The number of carboxylic acid groups (broad SMARTS) is 1. The predicted molar refractivity (Wildman–Crippen MR) is 130 cm³/mol. The van der Waals surface area contributed by atoms with E-state index in [0.29, 0.717) is 12.5 Å². The second-order valence-corrected chi connectivity index (χ2v) is 9.23. The molecule has 2 aromatic rings. The van der Waals surface area contributed by atoms with Crippen LogP contribution in [0.3, 0.4) is 0 Å². The number of carbonyl (C=O) groups is 1. The van der Waals surface area contributed by atoms with Crippen molar-refractivity contribution in [2.45, 2.75) is 39.2 Å². The predicted octanol–water partition coefficient (Wildman–Crippen LogP) is 4.53. The van der Waals surface area contributed by atoms with Gasteiger partial charge in [-0.3, -0.25) is 4.79 Å². The summed E-state index contributed by atoms with van der Waals surface area (Å²) in [5.74, 6) is 0.448. The van der Waals surface area contributed by atoms with Gasteiger partial charge in [-0.15, -0.1) is 11.3 Å². The minimum atomic E-state index is -0.653. The third-order valence-corrected chi connectivity index (χ3v) is 6.53. The fourth-order valence-electron chi connectivity index (χ4n) is 3.82. The van der Waals surface area contributed by atoms with Gasteiger partial charge in [0, 0.05) is 18.4 Å². The topological polar surface area (TPSA) is 113 Å². The van der Waals surface area contributed by atoms with Gasteiger partial charge in [0.05, 0.1) is 16.5 Å². The summed E-state index contributed by atoms with van der Waals surface area (Å²) in [6.45, 7) is 7.57. The second kappa shape index (κ2) is 11.6. The highest BCUT2D eigenvalue weighted by atomic mass is 32.1. The number of rotatable bonds is 10. The van der Waals surface area contributed by atoms with Crippen molar-refractivity contribution < 1.29 is 9.90 Å². The molecule has 3 rings (SSSR count). The van der Waals surface area contributed by atoms with Crippen LogP contribution in [-0.2, 0) is 11.3 Å². The zero-order chi connectivity index (χ0) is 22.9. The Hall–Kier alpha value is -2.97. The number of anilines is 1. The van der Waals surface area contributed by atoms with Crippen molar-refractivity contribution in [2.75, 3.05) is 11.9 Å². The van der Waals surface area contributed by atoms with E-state index in [-0.39, 0.29) is 5.92 Å². The Morgan fingerprint density at radius 1 is 1.34 bits per heavy atom. The minimum absolute atomic E-state index is 0.162. The number of hydrogen-bond acceptors (Lipinski definition) is 7. The molecule has 7 nitrogen and oxygen atoms in total. The van der Waals surface area contributed by atoms with Crippen LogP contribution in [0.4, 0.5) is 5.82 Å². The molecular formula is C24H31N5O2S. The molecule has 0 atom stereocenters. The highest BCUT2D eigenvalue weighted by Gasteiger charge is 2.25. The van der Waals surface area contributed by atoms with E-state index in [1.165, 1.54) is 6.20 Å². The van der Waals surface area contributed by atoms with E-state index in [1.807, 2.05) is 43.5 Å². The summed E-state index contributed by atoms with van der Waals surface area (Å²) < 4.78 is 0. The molecule has 0 saturated heterocycles. The first kappa shape index (κ1) is 23.7. The van der Waals surface area contributed by atoms with Crippen molar-refractivity contribution in [1.82, 2.24) is 15.3 Å². The van der Waals surface area contributed by atoms with Crippen LogP contribution in [0.2, 0.25) is 0 Å². The van der Waals surface area contributed by atoms with E-state index in [9.17, 15) is 4.79 Å². The molecule has 32 heavy (non-hydrogen) atoms. The first-order valence-electron chi connectivity index (χ1n) is 10.8. The zero-order valence-corrected chi connectivity index (χ0v) is 19.2. The van der Waals surface area contributed by atoms with Gasteiger partial charge >= 0.3 is 5.97 Å². The Bertz CT molecular complexity index is 990. The van der Waals surface area contributed by atoms with Crippen molar-refractivity contribution in [3.8, 4) is 10.6 Å². The summed E-state index contributed by atoms with van der Waals surface area (Å²) in [4.78, 5) is 21.3. The lowest BCUT2D eigenvalue weighted by Crippen LogP contribution is -2.28. The van der Waals surface area contributed by atoms with E-state index in [4.69, 9.17) is 10.8 Å². The summed E-state index contributed by atoms with van der Waals surface area (Å²) >= 11 is 1.62. The summed E-state index contributed by atoms with van der Waals surface area (Å²) in [5.41, 5.74) is 8.01. The van der Waals surface area contributed by atoms with E-state index in [0.717, 1.165) is 64.9 Å². The first-order chi connectivity index (χ1) is 15.4. The molecule has 0 aliphatic heterocycles. The van der Waals surface area contributed by atoms with Crippen LogP contribution in [0, 0.1) is 11.8 Å². The standard InChI is InChI=1S/C24H31N5O2S/c1-16(10-11-25)12-17(2)28-22-5-3-4-20(29-22)21-14-27-23(32-21)15-26-13-18-6-8-19(9-7-18)24(30)31/h3-5,10-12,14,18-19,26H,2,6-9,13,15,25H2,1H3,(H,28,29)(H,30,31)/b11-10-,16-12-/t18-,19-. The Labute approximate surface area is 193 Å². The molecule has 0 aromatic carbocycles. The van der Waals surface area contributed by atoms with Crippen LogP contribution in [-0.4, -0.2) is 27.6 Å². The number of allylic oxidation sites excluding steroid dienone is 3. The number of carboxylic acids is 1.